The van der Waals surface area contributed by atoms with Crippen LogP contribution in [0.4, 0.5) is 0 Å². The number of ether oxygens (including phenoxy) is 4. The number of unbranched alkanes of at least 4 members (excludes halogenated alkanes) is 48. The molecule has 0 bridgehead atoms. The second-order valence-corrected chi connectivity index (χ2v) is 35.1. The predicted molar refractivity (Wildman–Crippen MR) is 440 cm³/mol. The summed E-state index contributed by atoms with van der Waals surface area (Å²) in [4.78, 5) is 70.6. The molecule has 0 aromatic heterocycles. The molecule has 0 aliphatic carbocycles. The summed E-state index contributed by atoms with van der Waals surface area (Å²) in [6.45, 7) is 8.85. The number of hydrogen-bond donors (Lipinski definition) is 2. The fourth-order valence-electron chi connectivity index (χ4n) is 12.1. The van der Waals surface area contributed by atoms with E-state index in [2.05, 4.69) is 52.0 Å². The number of esters is 4. The van der Waals surface area contributed by atoms with E-state index in [0.29, 0.717) is 34.9 Å². The lowest BCUT2D eigenvalue weighted by Crippen LogP contribution is -2.37. The summed E-state index contributed by atoms with van der Waals surface area (Å²) in [6, 6.07) is 0. The maximum absolute atomic E-state index is 12.7. The van der Waals surface area contributed by atoms with Gasteiger partial charge in [0.2, 0.25) is 0 Å². The predicted octanol–water partition coefficient (Wildman–Crippen LogP) is 24.4. The maximum atomic E-state index is 12.7. The number of carbonyl (C=O) groups excluding carboxylic acids is 4. The zero-order chi connectivity index (χ0) is 78.6. The lowest BCUT2D eigenvalue weighted by atomic mass is 10.0. The summed E-state index contributed by atoms with van der Waals surface area (Å²) in [7, 11) is 2.96. The zero-order valence-electron chi connectivity index (χ0n) is 70.5. The highest BCUT2D eigenvalue weighted by atomic mass is 31.2. The van der Waals surface area contributed by atoms with Gasteiger partial charge in [-0.05, 0) is 77.0 Å². The van der Waals surface area contributed by atoms with Gasteiger partial charge in [-0.15, -0.1) is 0 Å². The largest absolute Gasteiger partial charge is 0.472 e. The monoisotopic (exact) mass is 1550 g/mol. The van der Waals surface area contributed by atoms with Gasteiger partial charge in [-0.3, -0.25) is 37.3 Å². The van der Waals surface area contributed by atoms with Crippen molar-refractivity contribution in [2.75, 3.05) is 95.0 Å². The molecule has 0 aliphatic heterocycles. The average molecular weight is 1550 g/mol. The van der Waals surface area contributed by atoms with Crippen molar-refractivity contribution >= 4 is 39.5 Å². The summed E-state index contributed by atoms with van der Waals surface area (Å²) in [5.41, 5.74) is 0. The standard InChI is InChI=1S/C44H84NO8P.C42H84NO8P/c1-6-8-10-12-14-16-18-20-22-24-26-28-30-32-34-36-43(46)50-40-42(41-52-54(48,49)51-39-38-45(3,4)5)53-44(47)37-35-33-31-29-27-25-23-21-19-17-15-13-11-9-7-2;1-6-8-10-12-14-16-18-20-21-23-24-26-28-30-32-34-41(44)48-38-40(39-50-52(46,47)49-37-36-43(3,4)5)51-42(45)35-33-31-29-27-25-22-19-17-15-13-11-9-7-2/h20-23,42H,6-19,24-41H2,1-5H3;40H,6-39H2,1-5H3/p+2/b22-20-,23-21-;/t42-;/m1./s1. The molecule has 0 heterocycles. The molecule has 0 aliphatic rings. The molecule has 0 radical (unpaired) electrons. The Morgan fingerprint density at radius 3 is 0.698 bits per heavy atom. The maximum Gasteiger partial charge on any atom is 0.472 e. The first-order valence-electron chi connectivity index (χ1n) is 43.8. The van der Waals surface area contributed by atoms with Gasteiger partial charge in [-0.25, -0.2) is 9.13 Å². The van der Waals surface area contributed by atoms with Crippen LogP contribution < -0.4 is 0 Å². The Balaban J connectivity index is 0. The van der Waals surface area contributed by atoms with Crippen molar-refractivity contribution < 1.29 is 84.1 Å². The van der Waals surface area contributed by atoms with Gasteiger partial charge in [0.1, 0.15) is 39.5 Å². The second kappa shape index (κ2) is 76.5. The molecule has 0 amide bonds. The number of phosphoric acid groups is 2. The molecule has 4 atom stereocenters. The van der Waals surface area contributed by atoms with Crippen molar-refractivity contribution in [2.45, 2.75) is 412 Å². The van der Waals surface area contributed by atoms with Crippen LogP contribution in [0.3, 0.4) is 0 Å². The minimum Gasteiger partial charge on any atom is -0.462 e. The van der Waals surface area contributed by atoms with Gasteiger partial charge in [0.25, 0.3) is 0 Å². The molecule has 18 nitrogen and oxygen atoms in total. The zero-order valence-corrected chi connectivity index (χ0v) is 72.3. The average Bonchev–Trinajstić information content (AvgIpc) is 0.909. The van der Waals surface area contributed by atoms with Crippen molar-refractivity contribution in [3.05, 3.63) is 24.3 Å². The van der Waals surface area contributed by atoms with E-state index in [1.807, 2.05) is 42.3 Å². The summed E-state index contributed by atoms with van der Waals surface area (Å²) in [5, 5.41) is 0. The lowest BCUT2D eigenvalue weighted by Gasteiger charge is -2.24. The molecular formula is C86H170N2O16P2+2. The van der Waals surface area contributed by atoms with E-state index >= 15 is 0 Å². The van der Waals surface area contributed by atoms with E-state index in [4.69, 9.17) is 37.0 Å². The van der Waals surface area contributed by atoms with E-state index < -0.39 is 53.0 Å². The molecule has 0 fully saturated rings. The number of allylic oxidation sites excluding steroid dienone is 4. The number of nitrogens with zero attached hydrogens (tertiary/aromatic N) is 2. The molecule has 628 valence electrons. The number of quaternary nitrogens is 2. The Bertz CT molecular complexity index is 2140. The molecule has 20 heteroatoms. The number of rotatable bonds is 80. The van der Waals surface area contributed by atoms with Crippen LogP contribution in [0.25, 0.3) is 0 Å². The van der Waals surface area contributed by atoms with E-state index in [1.54, 1.807) is 0 Å². The van der Waals surface area contributed by atoms with Gasteiger partial charge in [0, 0.05) is 25.7 Å². The Labute approximate surface area is 652 Å². The Hall–Kier alpha value is -2.50. The topological polar surface area (TPSA) is 217 Å². The molecule has 0 saturated heterocycles. The fourth-order valence-corrected chi connectivity index (χ4v) is 13.6. The summed E-state index contributed by atoms with van der Waals surface area (Å²) < 4.78 is 68.6. The summed E-state index contributed by atoms with van der Waals surface area (Å²) in [5.74, 6) is -1.60. The Morgan fingerprint density at radius 2 is 0.481 bits per heavy atom. The third kappa shape index (κ3) is 85.5. The number of phosphoric ester groups is 2. The van der Waals surface area contributed by atoms with Gasteiger partial charge in [0.15, 0.2) is 12.2 Å². The van der Waals surface area contributed by atoms with Crippen LogP contribution in [0.2, 0.25) is 0 Å². The van der Waals surface area contributed by atoms with Crippen LogP contribution >= 0.6 is 15.6 Å². The highest BCUT2D eigenvalue weighted by Gasteiger charge is 2.29. The van der Waals surface area contributed by atoms with Crippen LogP contribution in [0.5, 0.6) is 0 Å². The van der Waals surface area contributed by atoms with Crippen molar-refractivity contribution in [3.63, 3.8) is 0 Å². The number of likely N-dealkylation sites (N-methyl/N-ethyl adjacent to an activating group) is 2. The first kappa shape index (κ1) is 106. The molecule has 0 aromatic carbocycles. The minimum absolute atomic E-state index is 0.0299. The van der Waals surface area contributed by atoms with E-state index in [9.17, 15) is 38.1 Å². The first-order chi connectivity index (χ1) is 51.0. The molecule has 0 aromatic rings. The molecule has 0 spiro atoms. The fraction of sp³-hybridized carbons (Fsp3) is 0.907. The summed E-state index contributed by atoms with van der Waals surface area (Å²) >= 11 is 0. The van der Waals surface area contributed by atoms with Crippen LogP contribution in [0, 0.1) is 0 Å². The van der Waals surface area contributed by atoms with E-state index in [0.717, 1.165) is 109 Å². The Morgan fingerprint density at radius 1 is 0.283 bits per heavy atom. The van der Waals surface area contributed by atoms with Gasteiger partial charge in [-0.2, -0.15) is 0 Å². The van der Waals surface area contributed by atoms with Crippen molar-refractivity contribution in [1.82, 2.24) is 0 Å². The van der Waals surface area contributed by atoms with Gasteiger partial charge < -0.3 is 37.7 Å². The summed E-state index contributed by atoms with van der Waals surface area (Å²) in [6.07, 6.45) is 73.6. The van der Waals surface area contributed by atoms with Crippen LogP contribution in [-0.2, 0) is 65.4 Å². The lowest BCUT2D eigenvalue weighted by molar-refractivity contribution is -0.870. The third-order valence-corrected chi connectivity index (χ3v) is 21.1. The van der Waals surface area contributed by atoms with Gasteiger partial charge in [0.05, 0.1) is 55.5 Å². The van der Waals surface area contributed by atoms with Crippen molar-refractivity contribution in [1.29, 1.82) is 0 Å². The normalized spacial score (nSPS) is 13.7. The van der Waals surface area contributed by atoms with E-state index in [-0.39, 0.29) is 57.6 Å². The molecule has 3 unspecified atom stereocenters. The highest BCUT2D eigenvalue weighted by molar-refractivity contribution is 7.47. The van der Waals surface area contributed by atoms with Crippen LogP contribution in [0.1, 0.15) is 400 Å². The SMILES string of the molecule is CCCCCCCC/C=C\CCCCCCCC(=O)OC[C@H](COP(=O)(O)OCC[N+](C)(C)C)OC(=O)CCCCCCC/C=C\CCCCCCCC.CCCCCCCCCCCCCCCCCC(=O)OCC(COP(=O)(O)OCC[N+](C)(C)C)OC(=O)CCCCCCCCCCCCCCC. The minimum atomic E-state index is -4.37. The smallest absolute Gasteiger partial charge is 0.462 e. The second-order valence-electron chi connectivity index (χ2n) is 32.2. The molecule has 0 rings (SSSR count). The van der Waals surface area contributed by atoms with Crippen molar-refractivity contribution in [3.8, 4) is 0 Å². The number of hydrogen-bond acceptors (Lipinski definition) is 14. The molecular weight excluding hydrogens is 1380 g/mol. The van der Waals surface area contributed by atoms with Crippen LogP contribution in [0.15, 0.2) is 24.3 Å². The van der Waals surface area contributed by atoms with E-state index in [1.165, 1.54) is 231 Å². The molecule has 2 N–H and O–H groups in total. The highest BCUT2D eigenvalue weighted by Crippen LogP contribution is 2.44. The van der Waals surface area contributed by atoms with Gasteiger partial charge >= 0.3 is 39.5 Å². The van der Waals surface area contributed by atoms with Gasteiger partial charge in [-0.1, -0.05) is 322 Å². The quantitative estimate of drug-likeness (QED) is 0.0145. The third-order valence-electron chi connectivity index (χ3n) is 19.1. The first-order valence-corrected chi connectivity index (χ1v) is 46.8. The molecule has 0 saturated carbocycles. The Kier molecular flexibility index (Phi) is 76.2. The van der Waals surface area contributed by atoms with Crippen molar-refractivity contribution in [2.24, 2.45) is 0 Å². The number of carbonyl (C=O) groups is 4. The van der Waals surface area contributed by atoms with Crippen LogP contribution in [-0.4, -0.2) is 150 Å². The molecule has 106 heavy (non-hydrogen) atoms.